The van der Waals surface area contributed by atoms with Gasteiger partial charge in [0.2, 0.25) is 0 Å². The zero-order valence-corrected chi connectivity index (χ0v) is 13.1. The van der Waals surface area contributed by atoms with Gasteiger partial charge in [-0.3, -0.25) is 4.79 Å². The predicted molar refractivity (Wildman–Crippen MR) is 83.1 cm³/mol. The number of hydrogen-bond donors (Lipinski definition) is 3. The second-order valence-corrected chi connectivity index (χ2v) is 7.81. The highest BCUT2D eigenvalue weighted by atomic mass is 32.2. The van der Waals surface area contributed by atoms with Crippen LogP contribution < -0.4 is 16.4 Å². The largest absolute Gasteiger partial charge is 0.382 e. The summed E-state index contributed by atoms with van der Waals surface area (Å²) >= 11 is 3.05. The normalized spacial score (nSPS) is 15.3. The Hall–Kier alpha value is -0.950. The van der Waals surface area contributed by atoms with Crippen molar-refractivity contribution in [2.75, 3.05) is 23.9 Å². The number of carbonyl (C=O) groups is 1. The first kappa shape index (κ1) is 14.5. The van der Waals surface area contributed by atoms with Gasteiger partial charge in [0.25, 0.3) is 5.91 Å². The van der Waals surface area contributed by atoms with Crippen LogP contribution in [0.3, 0.4) is 0 Å². The average molecular weight is 300 g/mol. The quantitative estimate of drug-likeness (QED) is 0.750. The van der Waals surface area contributed by atoms with E-state index in [1.54, 1.807) is 11.8 Å². The molecule has 1 heterocycles. The van der Waals surface area contributed by atoms with Gasteiger partial charge in [-0.05, 0) is 32.9 Å². The monoisotopic (exact) mass is 300 g/mol. The number of carbonyl (C=O) groups excluding carboxylic acids is 1. The number of nitrogens with two attached hydrogens (primary N) is 1. The molecule has 1 aromatic heterocycles. The van der Waals surface area contributed by atoms with E-state index in [1.165, 1.54) is 24.2 Å². The number of rotatable bonds is 6. The van der Waals surface area contributed by atoms with Gasteiger partial charge in [-0.2, -0.15) is 11.8 Å². The van der Waals surface area contributed by atoms with Crippen molar-refractivity contribution >= 4 is 40.0 Å². The summed E-state index contributed by atoms with van der Waals surface area (Å²) in [6, 6.07) is 0.511. The van der Waals surface area contributed by atoms with Gasteiger partial charge in [-0.25, -0.2) is 4.98 Å². The van der Waals surface area contributed by atoms with E-state index in [1.807, 2.05) is 6.26 Å². The number of nitrogens with zero attached hydrogens (tertiary/aromatic N) is 1. The fourth-order valence-electron chi connectivity index (χ4n) is 1.40. The molecule has 1 amide bonds. The zero-order chi connectivity index (χ0) is 14.0. The molecule has 2 rings (SSSR count). The average Bonchev–Trinajstić information content (AvgIpc) is 3.09. The minimum atomic E-state index is -0.138. The van der Waals surface area contributed by atoms with E-state index in [0.717, 1.165) is 5.13 Å². The van der Waals surface area contributed by atoms with Crippen LogP contribution in [-0.2, 0) is 0 Å². The Kier molecular flexibility index (Phi) is 4.25. The van der Waals surface area contributed by atoms with Crippen molar-refractivity contribution in [1.29, 1.82) is 0 Å². The van der Waals surface area contributed by atoms with Gasteiger partial charge in [0.05, 0.1) is 0 Å². The van der Waals surface area contributed by atoms with Crippen LogP contribution in [0, 0.1) is 0 Å². The molecule has 0 aromatic carbocycles. The number of aromatic nitrogens is 1. The van der Waals surface area contributed by atoms with Gasteiger partial charge >= 0.3 is 0 Å². The molecule has 5 nitrogen and oxygen atoms in total. The van der Waals surface area contributed by atoms with Crippen molar-refractivity contribution in [3.05, 3.63) is 4.88 Å². The SMILES string of the molecule is CSC(C)(C)CNC(=O)c1sc(NC2CC2)nc1N. The lowest BCUT2D eigenvalue weighted by molar-refractivity contribution is 0.0955. The number of thiazole rings is 1. The Bertz CT molecular complexity index is 468. The van der Waals surface area contributed by atoms with Gasteiger partial charge in [-0.15, -0.1) is 0 Å². The van der Waals surface area contributed by atoms with Crippen molar-refractivity contribution in [1.82, 2.24) is 10.3 Å². The summed E-state index contributed by atoms with van der Waals surface area (Å²) in [7, 11) is 0. The molecule has 0 spiro atoms. The third kappa shape index (κ3) is 4.01. The minimum Gasteiger partial charge on any atom is -0.382 e. The molecule has 1 aliphatic rings. The van der Waals surface area contributed by atoms with Crippen LogP contribution in [0.2, 0.25) is 0 Å². The molecule has 1 aromatic rings. The summed E-state index contributed by atoms with van der Waals surface area (Å²) in [5.74, 6) is 0.175. The standard InChI is InChI=1S/C12H20N4OS2/c1-12(2,18-3)6-14-10(17)8-9(13)16-11(19-8)15-7-4-5-7/h7H,4-6,13H2,1-3H3,(H,14,17)(H,15,16). The van der Waals surface area contributed by atoms with Crippen LogP contribution in [0.5, 0.6) is 0 Å². The zero-order valence-electron chi connectivity index (χ0n) is 11.4. The predicted octanol–water partition coefficient (Wildman–Crippen LogP) is 2.17. The van der Waals surface area contributed by atoms with Crippen LogP contribution >= 0.6 is 23.1 Å². The number of nitrogens with one attached hydrogen (secondary N) is 2. The smallest absolute Gasteiger partial charge is 0.265 e. The summed E-state index contributed by atoms with van der Waals surface area (Å²) in [5.41, 5.74) is 5.80. The number of hydrogen-bond acceptors (Lipinski definition) is 6. The lowest BCUT2D eigenvalue weighted by Crippen LogP contribution is -2.36. The molecule has 1 saturated carbocycles. The van der Waals surface area contributed by atoms with Crippen molar-refractivity contribution in [3.63, 3.8) is 0 Å². The summed E-state index contributed by atoms with van der Waals surface area (Å²) in [6.07, 6.45) is 4.37. The van der Waals surface area contributed by atoms with Crippen LogP contribution in [0.4, 0.5) is 10.9 Å². The number of amides is 1. The van der Waals surface area contributed by atoms with Crippen molar-refractivity contribution in [2.45, 2.75) is 37.5 Å². The maximum absolute atomic E-state index is 12.1. The van der Waals surface area contributed by atoms with Crippen LogP contribution in [0.1, 0.15) is 36.4 Å². The summed E-state index contributed by atoms with van der Waals surface area (Å²) in [4.78, 5) is 16.8. The molecule has 0 saturated heterocycles. The highest BCUT2D eigenvalue weighted by Crippen LogP contribution is 2.30. The maximum atomic E-state index is 12.1. The van der Waals surface area contributed by atoms with Crippen LogP contribution in [-0.4, -0.2) is 34.5 Å². The topological polar surface area (TPSA) is 80.0 Å². The summed E-state index contributed by atoms with van der Waals surface area (Å²) in [6.45, 7) is 4.79. The molecule has 0 bridgehead atoms. The highest BCUT2D eigenvalue weighted by Gasteiger charge is 2.25. The molecule has 4 N–H and O–H groups in total. The number of thioether (sulfide) groups is 1. The molecular weight excluding hydrogens is 280 g/mol. The lowest BCUT2D eigenvalue weighted by atomic mass is 10.2. The molecule has 19 heavy (non-hydrogen) atoms. The van der Waals surface area contributed by atoms with E-state index in [0.29, 0.717) is 23.3 Å². The first-order valence-electron chi connectivity index (χ1n) is 6.27. The van der Waals surface area contributed by atoms with Crippen molar-refractivity contribution in [2.24, 2.45) is 0 Å². The molecule has 1 aliphatic carbocycles. The first-order chi connectivity index (χ1) is 8.91. The molecule has 0 radical (unpaired) electrons. The second-order valence-electron chi connectivity index (χ2n) is 5.30. The van der Waals surface area contributed by atoms with Gasteiger partial charge < -0.3 is 16.4 Å². The number of nitrogen functional groups attached to an aromatic ring is 1. The van der Waals surface area contributed by atoms with Gasteiger partial charge in [-0.1, -0.05) is 11.3 Å². The Labute approximate surface area is 121 Å². The Morgan fingerprint density at radius 3 is 2.84 bits per heavy atom. The third-order valence-electron chi connectivity index (χ3n) is 2.99. The summed E-state index contributed by atoms with van der Waals surface area (Å²) < 4.78 is 0.0181. The van der Waals surface area contributed by atoms with E-state index in [4.69, 9.17) is 5.73 Å². The van der Waals surface area contributed by atoms with E-state index < -0.39 is 0 Å². The van der Waals surface area contributed by atoms with Crippen LogP contribution in [0.15, 0.2) is 0 Å². The van der Waals surface area contributed by atoms with E-state index in [2.05, 4.69) is 29.5 Å². The second kappa shape index (κ2) is 5.58. The third-order valence-corrected chi connectivity index (χ3v) is 5.24. The highest BCUT2D eigenvalue weighted by molar-refractivity contribution is 7.99. The lowest BCUT2D eigenvalue weighted by Gasteiger charge is -2.21. The first-order valence-corrected chi connectivity index (χ1v) is 8.31. The molecule has 1 fully saturated rings. The van der Waals surface area contributed by atoms with E-state index in [9.17, 15) is 4.79 Å². The van der Waals surface area contributed by atoms with Crippen LogP contribution in [0.25, 0.3) is 0 Å². The summed E-state index contributed by atoms with van der Waals surface area (Å²) in [5, 5.41) is 6.92. The fraction of sp³-hybridized carbons (Fsp3) is 0.667. The van der Waals surface area contributed by atoms with E-state index >= 15 is 0 Å². The Balaban J connectivity index is 1.96. The molecular formula is C12H20N4OS2. The van der Waals surface area contributed by atoms with E-state index in [-0.39, 0.29) is 10.7 Å². The Morgan fingerprint density at radius 2 is 2.26 bits per heavy atom. The molecule has 0 unspecified atom stereocenters. The minimum absolute atomic E-state index is 0.0181. The molecule has 0 aliphatic heterocycles. The number of anilines is 2. The molecule has 7 heteroatoms. The Morgan fingerprint density at radius 1 is 1.58 bits per heavy atom. The van der Waals surface area contributed by atoms with Gasteiger partial charge in [0.1, 0.15) is 10.7 Å². The van der Waals surface area contributed by atoms with Gasteiger partial charge in [0, 0.05) is 17.3 Å². The van der Waals surface area contributed by atoms with Crippen molar-refractivity contribution < 1.29 is 4.79 Å². The molecule has 106 valence electrons. The maximum Gasteiger partial charge on any atom is 0.265 e. The van der Waals surface area contributed by atoms with Crippen molar-refractivity contribution in [3.8, 4) is 0 Å². The van der Waals surface area contributed by atoms with Gasteiger partial charge in [0.15, 0.2) is 5.13 Å². The fourth-order valence-corrected chi connectivity index (χ4v) is 2.50. The molecule has 0 atom stereocenters.